The van der Waals surface area contributed by atoms with Crippen LogP contribution < -0.4 is 5.32 Å². The van der Waals surface area contributed by atoms with E-state index in [1.54, 1.807) is 24.3 Å². The molecular weight excluding hydrogens is 320 g/mol. The molecule has 0 radical (unpaired) electrons. The highest BCUT2D eigenvalue weighted by Crippen LogP contribution is 2.31. The Morgan fingerprint density at radius 2 is 1.33 bits per heavy atom. The van der Waals surface area contributed by atoms with Crippen LogP contribution in [0.4, 0.5) is 5.69 Å². The second-order valence-corrected chi connectivity index (χ2v) is 5.92. The number of rotatable bonds is 2. The van der Waals surface area contributed by atoms with Crippen LogP contribution >= 0.6 is 11.6 Å². The van der Waals surface area contributed by atoms with E-state index in [1.807, 2.05) is 48.5 Å². The van der Waals surface area contributed by atoms with Gasteiger partial charge in [-0.05, 0) is 36.4 Å². The van der Waals surface area contributed by atoms with E-state index in [9.17, 15) is 4.79 Å². The SMILES string of the molecule is O=C(Nc1c2ccccc2nc2ccccc12)c1ccc(Cl)cc1. The predicted molar refractivity (Wildman–Crippen MR) is 98.7 cm³/mol. The molecule has 1 N–H and O–H groups in total. The zero-order valence-corrected chi connectivity index (χ0v) is 13.4. The summed E-state index contributed by atoms with van der Waals surface area (Å²) in [6, 6.07) is 22.4. The van der Waals surface area contributed by atoms with Gasteiger partial charge in [0, 0.05) is 21.4 Å². The van der Waals surface area contributed by atoms with Crippen LogP contribution in [0.3, 0.4) is 0 Å². The number of hydrogen-bond donors (Lipinski definition) is 1. The van der Waals surface area contributed by atoms with Crippen molar-refractivity contribution in [1.29, 1.82) is 0 Å². The Balaban J connectivity index is 1.87. The van der Waals surface area contributed by atoms with Crippen molar-refractivity contribution in [2.45, 2.75) is 0 Å². The lowest BCUT2D eigenvalue weighted by molar-refractivity contribution is 0.102. The van der Waals surface area contributed by atoms with Crippen LogP contribution in [-0.2, 0) is 0 Å². The molecule has 1 amide bonds. The number of carbonyl (C=O) groups excluding carboxylic acids is 1. The van der Waals surface area contributed by atoms with E-state index < -0.39 is 0 Å². The maximum Gasteiger partial charge on any atom is 0.255 e. The standard InChI is InChI=1S/C20H13ClN2O/c21-14-11-9-13(10-12-14)20(24)23-19-15-5-1-3-7-17(15)22-18-8-4-2-6-16(18)19/h1-12H,(H,22,23,24). The van der Waals surface area contributed by atoms with Crippen molar-refractivity contribution in [1.82, 2.24) is 4.98 Å². The molecule has 0 saturated carbocycles. The molecule has 0 unspecified atom stereocenters. The smallest absolute Gasteiger partial charge is 0.255 e. The predicted octanol–water partition coefficient (Wildman–Crippen LogP) is 5.29. The minimum atomic E-state index is -0.173. The van der Waals surface area contributed by atoms with Crippen molar-refractivity contribution in [2.24, 2.45) is 0 Å². The molecule has 4 heteroatoms. The van der Waals surface area contributed by atoms with Gasteiger partial charge in [0.1, 0.15) is 0 Å². The lowest BCUT2D eigenvalue weighted by Gasteiger charge is -2.12. The summed E-state index contributed by atoms with van der Waals surface area (Å²) in [6.45, 7) is 0. The summed E-state index contributed by atoms with van der Waals surface area (Å²) in [5.41, 5.74) is 3.03. The minimum absolute atomic E-state index is 0.173. The first-order valence-electron chi connectivity index (χ1n) is 7.57. The third-order valence-corrected chi connectivity index (χ3v) is 4.18. The Hall–Kier alpha value is -2.91. The summed E-state index contributed by atoms with van der Waals surface area (Å²) in [5, 5.41) is 5.48. The van der Waals surface area contributed by atoms with E-state index in [1.165, 1.54) is 0 Å². The molecular formula is C20H13ClN2O. The Bertz CT molecular complexity index is 1000. The Kier molecular flexibility index (Phi) is 3.63. The maximum absolute atomic E-state index is 12.6. The van der Waals surface area contributed by atoms with E-state index >= 15 is 0 Å². The van der Waals surface area contributed by atoms with Crippen LogP contribution in [0.15, 0.2) is 72.8 Å². The summed E-state index contributed by atoms with van der Waals surface area (Å²) in [7, 11) is 0. The molecule has 0 atom stereocenters. The number of pyridine rings is 1. The molecule has 3 aromatic carbocycles. The van der Waals surface area contributed by atoms with E-state index in [0.29, 0.717) is 10.6 Å². The van der Waals surface area contributed by atoms with Gasteiger partial charge in [-0.15, -0.1) is 0 Å². The monoisotopic (exact) mass is 332 g/mol. The van der Waals surface area contributed by atoms with E-state index in [2.05, 4.69) is 10.3 Å². The van der Waals surface area contributed by atoms with Crippen LogP contribution in [0.5, 0.6) is 0 Å². The van der Waals surface area contributed by atoms with E-state index in [0.717, 1.165) is 27.5 Å². The summed E-state index contributed by atoms with van der Waals surface area (Å²) in [5.74, 6) is -0.173. The Morgan fingerprint density at radius 1 is 0.792 bits per heavy atom. The fraction of sp³-hybridized carbons (Fsp3) is 0. The number of benzene rings is 3. The van der Waals surface area contributed by atoms with Gasteiger partial charge in [0.25, 0.3) is 5.91 Å². The number of anilines is 1. The molecule has 0 saturated heterocycles. The van der Waals surface area contributed by atoms with Crippen LogP contribution in [0.1, 0.15) is 10.4 Å². The van der Waals surface area contributed by atoms with Crippen molar-refractivity contribution >= 4 is 45.0 Å². The summed E-state index contributed by atoms with van der Waals surface area (Å²) in [4.78, 5) is 17.3. The fourth-order valence-electron chi connectivity index (χ4n) is 2.76. The second-order valence-electron chi connectivity index (χ2n) is 5.48. The van der Waals surface area contributed by atoms with Gasteiger partial charge in [0.2, 0.25) is 0 Å². The third kappa shape index (κ3) is 2.59. The van der Waals surface area contributed by atoms with Crippen LogP contribution in [-0.4, -0.2) is 10.9 Å². The molecule has 0 bridgehead atoms. The molecule has 0 fully saturated rings. The van der Waals surface area contributed by atoms with Crippen LogP contribution in [0, 0.1) is 0 Å². The van der Waals surface area contributed by atoms with Gasteiger partial charge in [-0.25, -0.2) is 4.98 Å². The molecule has 1 aromatic heterocycles. The number of nitrogens with zero attached hydrogens (tertiary/aromatic N) is 1. The van der Waals surface area contributed by atoms with Crippen molar-refractivity contribution in [3.05, 3.63) is 83.4 Å². The highest BCUT2D eigenvalue weighted by atomic mass is 35.5. The first kappa shape index (κ1) is 14.7. The molecule has 116 valence electrons. The molecule has 0 aliphatic heterocycles. The normalized spacial score (nSPS) is 10.9. The second kappa shape index (κ2) is 5.95. The fourth-order valence-corrected chi connectivity index (χ4v) is 2.89. The quantitative estimate of drug-likeness (QED) is 0.506. The largest absolute Gasteiger partial charge is 0.321 e. The minimum Gasteiger partial charge on any atom is -0.321 e. The average Bonchev–Trinajstić information content (AvgIpc) is 2.62. The van der Waals surface area contributed by atoms with Crippen molar-refractivity contribution in [3.63, 3.8) is 0 Å². The number of fused-ring (bicyclic) bond motifs is 2. The summed E-state index contributed by atoms with van der Waals surface area (Å²) < 4.78 is 0. The number of aromatic nitrogens is 1. The molecule has 0 spiro atoms. The van der Waals surface area contributed by atoms with Gasteiger partial charge in [0.05, 0.1) is 16.7 Å². The Morgan fingerprint density at radius 3 is 1.92 bits per heavy atom. The number of nitrogens with one attached hydrogen (secondary N) is 1. The average molecular weight is 333 g/mol. The topological polar surface area (TPSA) is 42.0 Å². The van der Waals surface area contributed by atoms with Crippen LogP contribution in [0.2, 0.25) is 5.02 Å². The van der Waals surface area contributed by atoms with Gasteiger partial charge in [-0.2, -0.15) is 0 Å². The van der Waals surface area contributed by atoms with Gasteiger partial charge >= 0.3 is 0 Å². The van der Waals surface area contributed by atoms with Gasteiger partial charge in [0.15, 0.2) is 0 Å². The number of amides is 1. The highest BCUT2D eigenvalue weighted by molar-refractivity contribution is 6.30. The molecule has 0 aliphatic carbocycles. The first-order chi connectivity index (χ1) is 11.7. The highest BCUT2D eigenvalue weighted by Gasteiger charge is 2.12. The number of carbonyl (C=O) groups is 1. The lowest BCUT2D eigenvalue weighted by Crippen LogP contribution is -2.12. The van der Waals surface area contributed by atoms with Crippen molar-refractivity contribution in [2.75, 3.05) is 5.32 Å². The lowest BCUT2D eigenvalue weighted by atomic mass is 10.1. The summed E-state index contributed by atoms with van der Waals surface area (Å²) in [6.07, 6.45) is 0. The van der Waals surface area contributed by atoms with Crippen LogP contribution in [0.25, 0.3) is 21.8 Å². The maximum atomic E-state index is 12.6. The first-order valence-corrected chi connectivity index (χ1v) is 7.94. The third-order valence-electron chi connectivity index (χ3n) is 3.93. The summed E-state index contributed by atoms with van der Waals surface area (Å²) >= 11 is 5.89. The van der Waals surface area contributed by atoms with E-state index in [4.69, 9.17) is 11.6 Å². The van der Waals surface area contributed by atoms with Crippen molar-refractivity contribution in [3.8, 4) is 0 Å². The molecule has 0 aliphatic rings. The molecule has 4 rings (SSSR count). The van der Waals surface area contributed by atoms with Gasteiger partial charge in [-0.1, -0.05) is 48.0 Å². The zero-order chi connectivity index (χ0) is 16.5. The van der Waals surface area contributed by atoms with E-state index in [-0.39, 0.29) is 5.91 Å². The number of hydrogen-bond acceptors (Lipinski definition) is 2. The molecule has 1 heterocycles. The van der Waals surface area contributed by atoms with Gasteiger partial charge < -0.3 is 5.32 Å². The molecule has 4 aromatic rings. The van der Waals surface area contributed by atoms with Crippen molar-refractivity contribution < 1.29 is 4.79 Å². The molecule has 3 nitrogen and oxygen atoms in total. The zero-order valence-electron chi connectivity index (χ0n) is 12.7. The van der Waals surface area contributed by atoms with Gasteiger partial charge in [-0.3, -0.25) is 4.79 Å². The molecule has 24 heavy (non-hydrogen) atoms. The number of para-hydroxylation sites is 2. The Labute approximate surface area is 143 Å². The number of halogens is 1.